The number of hydrogen-bond donors (Lipinski definition) is 2. The smallest absolute Gasteiger partial charge is 0.241 e. The molecule has 3 unspecified atom stereocenters. The summed E-state index contributed by atoms with van der Waals surface area (Å²) in [4.78, 5) is 12.9. The Morgan fingerprint density at radius 2 is 1.92 bits per heavy atom. The maximum atomic E-state index is 12.7. The maximum Gasteiger partial charge on any atom is 0.241 e. The van der Waals surface area contributed by atoms with Crippen LogP contribution in [0.25, 0.3) is 0 Å². The van der Waals surface area contributed by atoms with Gasteiger partial charge in [0.1, 0.15) is 6.04 Å². The van der Waals surface area contributed by atoms with E-state index in [0.29, 0.717) is 12.3 Å². The van der Waals surface area contributed by atoms with E-state index < -0.39 is 16.1 Å². The van der Waals surface area contributed by atoms with Crippen LogP contribution in [0.5, 0.6) is 0 Å². The fourth-order valence-corrected chi connectivity index (χ4v) is 4.87. The van der Waals surface area contributed by atoms with Gasteiger partial charge in [0.2, 0.25) is 15.9 Å². The second-order valence-electron chi connectivity index (χ2n) is 6.65. The number of carbonyl (C=O) groups is 1. The number of sulfonamides is 1. The number of benzene rings is 1. The van der Waals surface area contributed by atoms with E-state index in [0.717, 1.165) is 25.0 Å². The predicted octanol–water partition coefficient (Wildman–Crippen LogP) is 2.78. The Balaban J connectivity index is 2.08. The summed E-state index contributed by atoms with van der Waals surface area (Å²) in [6, 6.07) is 7.59. The van der Waals surface area contributed by atoms with Crippen molar-refractivity contribution in [2.45, 2.75) is 56.0 Å². The van der Waals surface area contributed by atoms with Gasteiger partial charge in [0.25, 0.3) is 0 Å². The Hall–Kier alpha value is -1.05. The first-order valence-corrected chi connectivity index (χ1v) is 11.7. The fourth-order valence-electron chi connectivity index (χ4n) is 3.15. The zero-order chi connectivity index (χ0) is 18.3. The zero-order valence-corrected chi connectivity index (χ0v) is 16.5. The Kier molecular flexibility index (Phi) is 7.78. The lowest BCUT2D eigenvalue weighted by Gasteiger charge is -2.31. The van der Waals surface area contributed by atoms with Crippen molar-refractivity contribution in [1.82, 2.24) is 10.0 Å². The molecule has 0 bridgehead atoms. The minimum Gasteiger partial charge on any atom is -0.352 e. The van der Waals surface area contributed by atoms with Crippen LogP contribution < -0.4 is 10.0 Å². The highest BCUT2D eigenvalue weighted by Gasteiger charge is 2.29. The maximum absolute atomic E-state index is 12.7. The third-order valence-electron chi connectivity index (χ3n) is 4.72. The van der Waals surface area contributed by atoms with Gasteiger partial charge in [0.05, 0.1) is 4.90 Å². The molecule has 1 amide bonds. The van der Waals surface area contributed by atoms with Crippen LogP contribution in [0, 0.1) is 5.92 Å². The van der Waals surface area contributed by atoms with E-state index >= 15 is 0 Å². The predicted molar refractivity (Wildman–Crippen MR) is 103 cm³/mol. The molecule has 3 atom stereocenters. The Morgan fingerprint density at radius 1 is 1.24 bits per heavy atom. The van der Waals surface area contributed by atoms with Gasteiger partial charge in [-0.1, -0.05) is 38.0 Å². The topological polar surface area (TPSA) is 75.3 Å². The molecule has 25 heavy (non-hydrogen) atoms. The third kappa shape index (κ3) is 6.01. The minimum absolute atomic E-state index is 0.138. The average Bonchev–Trinajstić information content (AvgIpc) is 2.61. The molecule has 1 aromatic rings. The molecule has 0 radical (unpaired) electrons. The molecule has 7 heteroatoms. The molecule has 1 saturated carbocycles. The number of carbonyl (C=O) groups excluding carboxylic acids is 1. The highest BCUT2D eigenvalue weighted by atomic mass is 32.2. The molecular formula is C18H28N2O3S2. The lowest BCUT2D eigenvalue weighted by Crippen LogP contribution is -2.51. The Bertz CT molecular complexity index is 650. The number of thioether (sulfide) groups is 1. The molecule has 2 rings (SSSR count). The first-order valence-electron chi connectivity index (χ1n) is 8.80. The van der Waals surface area contributed by atoms with Crippen molar-refractivity contribution >= 4 is 27.7 Å². The van der Waals surface area contributed by atoms with Crippen LogP contribution in [0.15, 0.2) is 35.2 Å². The SMILES string of the molecule is CSCCC(NS(=O)(=O)c1ccccc1)C(=O)NC1CCCCC1C. The van der Waals surface area contributed by atoms with Crippen molar-refractivity contribution in [3.05, 3.63) is 30.3 Å². The summed E-state index contributed by atoms with van der Waals surface area (Å²) in [6.07, 6.45) is 6.80. The normalized spacial score (nSPS) is 22.3. The van der Waals surface area contributed by atoms with Crippen LogP contribution in [0.4, 0.5) is 0 Å². The van der Waals surface area contributed by atoms with E-state index in [1.165, 1.54) is 18.6 Å². The standard InChI is InChI=1S/C18H28N2O3S2/c1-14-8-6-7-11-16(14)19-18(21)17(12-13-24-2)20-25(22,23)15-9-4-3-5-10-15/h3-5,9-10,14,16-17,20H,6-8,11-13H2,1-2H3,(H,19,21). The van der Waals surface area contributed by atoms with Crippen molar-refractivity contribution in [3.63, 3.8) is 0 Å². The molecule has 0 aromatic heterocycles. The summed E-state index contributed by atoms with van der Waals surface area (Å²) in [5.41, 5.74) is 0. The van der Waals surface area contributed by atoms with Crippen molar-refractivity contribution in [1.29, 1.82) is 0 Å². The molecule has 0 heterocycles. The van der Waals surface area contributed by atoms with Crippen LogP contribution in [-0.4, -0.2) is 38.4 Å². The molecule has 1 aromatic carbocycles. The number of rotatable bonds is 8. The number of amides is 1. The van der Waals surface area contributed by atoms with Crippen molar-refractivity contribution in [2.24, 2.45) is 5.92 Å². The van der Waals surface area contributed by atoms with Gasteiger partial charge in [0.15, 0.2) is 0 Å². The van der Waals surface area contributed by atoms with Crippen LogP contribution in [-0.2, 0) is 14.8 Å². The Labute approximate surface area is 155 Å². The lowest BCUT2D eigenvalue weighted by atomic mass is 9.86. The number of hydrogen-bond acceptors (Lipinski definition) is 4. The van der Waals surface area contributed by atoms with Gasteiger partial charge in [-0.25, -0.2) is 8.42 Å². The molecule has 2 N–H and O–H groups in total. The van der Waals surface area contributed by atoms with Crippen LogP contribution in [0.2, 0.25) is 0 Å². The zero-order valence-electron chi connectivity index (χ0n) is 14.9. The van der Waals surface area contributed by atoms with Gasteiger partial charge in [-0.3, -0.25) is 4.79 Å². The highest BCUT2D eigenvalue weighted by Crippen LogP contribution is 2.24. The molecule has 0 spiro atoms. The van der Waals surface area contributed by atoms with E-state index in [9.17, 15) is 13.2 Å². The molecule has 0 saturated heterocycles. The van der Waals surface area contributed by atoms with Gasteiger partial charge >= 0.3 is 0 Å². The first kappa shape index (κ1) is 20.3. The summed E-state index contributed by atoms with van der Waals surface area (Å²) in [5.74, 6) is 0.937. The first-order chi connectivity index (χ1) is 11.9. The van der Waals surface area contributed by atoms with Gasteiger partial charge in [-0.05, 0) is 49.3 Å². The van der Waals surface area contributed by atoms with E-state index in [1.807, 2.05) is 6.26 Å². The van der Waals surface area contributed by atoms with Crippen molar-refractivity contribution in [2.75, 3.05) is 12.0 Å². The van der Waals surface area contributed by atoms with Crippen LogP contribution >= 0.6 is 11.8 Å². The average molecular weight is 385 g/mol. The van der Waals surface area contributed by atoms with Crippen molar-refractivity contribution < 1.29 is 13.2 Å². The fraction of sp³-hybridized carbons (Fsp3) is 0.611. The molecule has 0 aliphatic heterocycles. The van der Waals surface area contributed by atoms with Crippen molar-refractivity contribution in [3.8, 4) is 0 Å². The summed E-state index contributed by atoms with van der Waals surface area (Å²) < 4.78 is 27.7. The Morgan fingerprint density at radius 3 is 2.56 bits per heavy atom. The third-order valence-corrected chi connectivity index (χ3v) is 6.85. The highest BCUT2D eigenvalue weighted by molar-refractivity contribution is 7.98. The van der Waals surface area contributed by atoms with Crippen LogP contribution in [0.1, 0.15) is 39.0 Å². The second-order valence-corrected chi connectivity index (χ2v) is 9.34. The molecule has 1 aliphatic rings. The van der Waals surface area contributed by atoms with E-state index in [4.69, 9.17) is 0 Å². The van der Waals surface area contributed by atoms with E-state index in [2.05, 4.69) is 17.0 Å². The largest absolute Gasteiger partial charge is 0.352 e. The van der Waals surface area contributed by atoms with Gasteiger partial charge < -0.3 is 5.32 Å². The summed E-state index contributed by atoms with van der Waals surface area (Å²) in [7, 11) is -3.71. The molecule has 1 aliphatic carbocycles. The van der Waals surface area contributed by atoms with Crippen LogP contribution in [0.3, 0.4) is 0 Å². The molecule has 1 fully saturated rings. The summed E-state index contributed by atoms with van der Waals surface area (Å²) >= 11 is 1.60. The van der Waals surface area contributed by atoms with Gasteiger partial charge in [0, 0.05) is 6.04 Å². The quantitative estimate of drug-likeness (QED) is 0.723. The molecular weight excluding hydrogens is 356 g/mol. The molecule has 140 valence electrons. The summed E-state index contributed by atoms with van der Waals surface area (Å²) in [6.45, 7) is 2.15. The molecule has 5 nitrogen and oxygen atoms in total. The lowest BCUT2D eigenvalue weighted by molar-refractivity contribution is -0.124. The number of nitrogens with one attached hydrogen (secondary N) is 2. The summed E-state index contributed by atoms with van der Waals surface area (Å²) in [5, 5.41) is 3.08. The second kappa shape index (κ2) is 9.59. The van der Waals surface area contributed by atoms with E-state index in [-0.39, 0.29) is 16.8 Å². The minimum atomic E-state index is -3.71. The van der Waals surface area contributed by atoms with Gasteiger partial charge in [-0.2, -0.15) is 16.5 Å². The monoisotopic (exact) mass is 384 g/mol. The van der Waals surface area contributed by atoms with Gasteiger partial charge in [-0.15, -0.1) is 0 Å². The van der Waals surface area contributed by atoms with E-state index in [1.54, 1.807) is 30.0 Å².